The van der Waals surface area contributed by atoms with Crippen LogP contribution in [0, 0.1) is 10.1 Å². The van der Waals surface area contributed by atoms with Crippen molar-refractivity contribution in [2.45, 2.75) is 0 Å². The number of nitrogens with zero attached hydrogens (tertiary/aromatic N) is 3. The molecule has 2 aromatic rings. The quantitative estimate of drug-likeness (QED) is 0.545. The molecule has 0 fully saturated rings. The van der Waals surface area contributed by atoms with Gasteiger partial charge in [-0.1, -0.05) is 23.7 Å². The largest absolute Gasteiger partial charge is 0.490 e. The number of nitro groups is 1. The maximum absolute atomic E-state index is 12.7. The van der Waals surface area contributed by atoms with Crippen molar-refractivity contribution in [1.29, 1.82) is 0 Å². The summed E-state index contributed by atoms with van der Waals surface area (Å²) in [6, 6.07) is 11.3. The van der Waals surface area contributed by atoms with Crippen molar-refractivity contribution in [3.05, 3.63) is 63.2 Å². The molecule has 0 aliphatic heterocycles. The Balaban J connectivity index is 2.10. The maximum atomic E-state index is 12.7. The van der Waals surface area contributed by atoms with Crippen LogP contribution < -0.4 is 9.64 Å². The van der Waals surface area contributed by atoms with Crippen molar-refractivity contribution in [2.24, 2.45) is 0 Å². The third kappa shape index (κ3) is 4.64. The number of non-ortho nitro benzene ring substituents is 1. The van der Waals surface area contributed by atoms with E-state index in [4.69, 9.17) is 16.3 Å². The predicted molar refractivity (Wildman–Crippen MR) is 101 cm³/mol. The fourth-order valence-electron chi connectivity index (χ4n) is 2.36. The van der Waals surface area contributed by atoms with Gasteiger partial charge in [-0.2, -0.15) is 0 Å². The zero-order valence-corrected chi connectivity index (χ0v) is 15.6. The van der Waals surface area contributed by atoms with E-state index in [0.717, 1.165) is 0 Å². The van der Waals surface area contributed by atoms with Gasteiger partial charge in [-0.05, 0) is 18.2 Å². The normalized spacial score (nSPS) is 10.3. The lowest BCUT2D eigenvalue weighted by atomic mass is 10.1. The summed E-state index contributed by atoms with van der Waals surface area (Å²) in [6.45, 7) is 0.553. The van der Waals surface area contributed by atoms with Crippen LogP contribution in [-0.2, 0) is 0 Å². The summed E-state index contributed by atoms with van der Waals surface area (Å²) in [5, 5.41) is 11.5. The molecule has 0 aliphatic carbocycles. The number of halogens is 1. The topological polar surface area (TPSA) is 75.9 Å². The fraction of sp³-hybridized carbons (Fsp3) is 0.278. The summed E-state index contributed by atoms with van der Waals surface area (Å²) in [5.41, 5.74) is 0.753. The molecular weight excluding hydrogens is 358 g/mol. The summed E-state index contributed by atoms with van der Waals surface area (Å²) in [6.07, 6.45) is 0. The fourth-order valence-corrected chi connectivity index (χ4v) is 2.55. The summed E-state index contributed by atoms with van der Waals surface area (Å²) < 4.78 is 5.59. The molecule has 26 heavy (non-hydrogen) atoms. The Kier molecular flexibility index (Phi) is 6.41. The van der Waals surface area contributed by atoms with Crippen LogP contribution in [0.2, 0.25) is 5.02 Å². The van der Waals surface area contributed by atoms with E-state index in [2.05, 4.69) is 0 Å². The Morgan fingerprint density at radius 3 is 2.50 bits per heavy atom. The molecule has 0 atom stereocenters. The van der Waals surface area contributed by atoms with Crippen molar-refractivity contribution in [1.82, 2.24) is 4.90 Å². The van der Waals surface area contributed by atoms with E-state index in [1.807, 2.05) is 6.07 Å². The highest BCUT2D eigenvalue weighted by molar-refractivity contribution is 6.32. The van der Waals surface area contributed by atoms with Crippen molar-refractivity contribution < 1.29 is 14.5 Å². The SMILES string of the molecule is CN(CCOc1ccccc1Cl)C(=O)c1cc([N+](=O)[O-])ccc1N(C)C. The van der Waals surface area contributed by atoms with Gasteiger partial charge in [0.15, 0.2) is 0 Å². The number of ether oxygens (including phenoxy) is 1. The number of likely N-dealkylation sites (N-methyl/N-ethyl adjacent to an activating group) is 1. The molecule has 7 nitrogen and oxygen atoms in total. The molecule has 0 spiro atoms. The first-order valence-electron chi connectivity index (χ1n) is 7.90. The van der Waals surface area contributed by atoms with E-state index in [0.29, 0.717) is 23.0 Å². The summed E-state index contributed by atoms with van der Waals surface area (Å²) in [5.74, 6) is 0.222. The third-order valence-corrected chi connectivity index (χ3v) is 4.08. The Hall–Kier alpha value is -2.80. The van der Waals surface area contributed by atoms with Gasteiger partial charge >= 0.3 is 0 Å². The number of nitro benzene ring substituents is 1. The number of anilines is 1. The molecule has 0 heterocycles. The van der Waals surface area contributed by atoms with Gasteiger partial charge in [0.25, 0.3) is 11.6 Å². The van der Waals surface area contributed by atoms with Crippen molar-refractivity contribution >= 4 is 28.9 Å². The molecule has 0 aromatic heterocycles. The predicted octanol–water partition coefficient (Wildman–Crippen LogP) is 3.47. The zero-order valence-electron chi connectivity index (χ0n) is 14.8. The van der Waals surface area contributed by atoms with Crippen LogP contribution >= 0.6 is 11.6 Å². The second-order valence-corrected chi connectivity index (χ2v) is 6.27. The molecule has 138 valence electrons. The number of hydrogen-bond acceptors (Lipinski definition) is 5. The molecular formula is C18H20ClN3O4. The van der Waals surface area contributed by atoms with Crippen LogP contribution in [0.3, 0.4) is 0 Å². The first-order chi connectivity index (χ1) is 12.3. The second kappa shape index (κ2) is 8.53. The molecule has 1 amide bonds. The summed E-state index contributed by atoms with van der Waals surface area (Å²) in [4.78, 5) is 26.5. The Bertz CT molecular complexity index is 811. The van der Waals surface area contributed by atoms with Crippen molar-refractivity contribution in [3.63, 3.8) is 0 Å². The van der Waals surface area contributed by atoms with Crippen LogP contribution in [-0.4, -0.2) is 50.0 Å². The molecule has 2 rings (SSSR count). The number of rotatable bonds is 7. The number of para-hydroxylation sites is 1. The van der Waals surface area contributed by atoms with Gasteiger partial charge in [0, 0.05) is 39.0 Å². The van der Waals surface area contributed by atoms with E-state index >= 15 is 0 Å². The molecule has 0 radical (unpaired) electrons. The highest BCUT2D eigenvalue weighted by atomic mass is 35.5. The maximum Gasteiger partial charge on any atom is 0.270 e. The number of hydrogen-bond donors (Lipinski definition) is 0. The lowest BCUT2D eigenvalue weighted by Crippen LogP contribution is -2.32. The lowest BCUT2D eigenvalue weighted by molar-refractivity contribution is -0.384. The van der Waals surface area contributed by atoms with E-state index in [1.54, 1.807) is 50.3 Å². The van der Waals surface area contributed by atoms with Crippen LogP contribution in [0.1, 0.15) is 10.4 Å². The van der Waals surface area contributed by atoms with Crippen LogP contribution in [0.15, 0.2) is 42.5 Å². The molecule has 2 aromatic carbocycles. The van der Waals surface area contributed by atoms with E-state index in [-0.39, 0.29) is 23.8 Å². The van der Waals surface area contributed by atoms with Gasteiger partial charge in [0.2, 0.25) is 0 Å². The number of carbonyl (C=O) groups excluding carboxylic acids is 1. The average molecular weight is 378 g/mol. The van der Waals surface area contributed by atoms with Crippen molar-refractivity contribution in [3.8, 4) is 5.75 Å². The molecule has 0 bridgehead atoms. The molecule has 0 saturated heterocycles. The minimum absolute atomic E-state index is 0.125. The standard InChI is InChI=1S/C18H20ClN3O4/c1-20(2)16-9-8-13(22(24)25)12-14(16)18(23)21(3)10-11-26-17-7-5-4-6-15(17)19/h4-9,12H,10-11H2,1-3H3. The molecule has 0 aliphatic rings. The Morgan fingerprint density at radius 1 is 1.19 bits per heavy atom. The first kappa shape index (κ1) is 19.5. The van der Waals surface area contributed by atoms with E-state index in [1.165, 1.54) is 17.0 Å². The average Bonchev–Trinajstić information content (AvgIpc) is 2.61. The van der Waals surface area contributed by atoms with Crippen LogP contribution in [0.25, 0.3) is 0 Å². The highest BCUT2D eigenvalue weighted by Crippen LogP contribution is 2.26. The minimum atomic E-state index is -0.517. The molecule has 0 unspecified atom stereocenters. The van der Waals surface area contributed by atoms with E-state index < -0.39 is 4.92 Å². The first-order valence-corrected chi connectivity index (χ1v) is 8.27. The minimum Gasteiger partial charge on any atom is -0.490 e. The smallest absolute Gasteiger partial charge is 0.270 e. The Morgan fingerprint density at radius 2 is 1.88 bits per heavy atom. The molecule has 8 heteroatoms. The number of amides is 1. The highest BCUT2D eigenvalue weighted by Gasteiger charge is 2.20. The van der Waals surface area contributed by atoms with E-state index in [9.17, 15) is 14.9 Å². The zero-order chi connectivity index (χ0) is 19.3. The lowest BCUT2D eigenvalue weighted by Gasteiger charge is -2.22. The van der Waals surface area contributed by atoms with Crippen molar-refractivity contribution in [2.75, 3.05) is 39.2 Å². The Labute approximate surface area is 156 Å². The molecule has 0 N–H and O–H groups in total. The number of benzene rings is 2. The van der Waals surface area contributed by atoms with Gasteiger partial charge in [-0.15, -0.1) is 0 Å². The van der Waals surface area contributed by atoms with Gasteiger partial charge in [-0.25, -0.2) is 0 Å². The third-order valence-electron chi connectivity index (χ3n) is 3.77. The van der Waals surface area contributed by atoms with Crippen LogP contribution in [0.4, 0.5) is 11.4 Å². The van der Waals surface area contributed by atoms with Crippen LogP contribution in [0.5, 0.6) is 5.75 Å². The van der Waals surface area contributed by atoms with Gasteiger partial charge in [-0.3, -0.25) is 14.9 Å². The summed E-state index contributed by atoms with van der Waals surface area (Å²) in [7, 11) is 5.17. The molecule has 0 saturated carbocycles. The second-order valence-electron chi connectivity index (χ2n) is 5.86. The van der Waals surface area contributed by atoms with Gasteiger partial charge in [0.05, 0.1) is 22.1 Å². The van der Waals surface area contributed by atoms with Gasteiger partial charge < -0.3 is 14.5 Å². The monoisotopic (exact) mass is 377 g/mol. The summed E-state index contributed by atoms with van der Waals surface area (Å²) >= 11 is 6.03. The number of carbonyl (C=O) groups is 1. The van der Waals surface area contributed by atoms with Gasteiger partial charge in [0.1, 0.15) is 12.4 Å².